The zero-order valence-corrected chi connectivity index (χ0v) is 20.6. The summed E-state index contributed by atoms with van der Waals surface area (Å²) >= 11 is 7.02. The van der Waals surface area contributed by atoms with Crippen LogP contribution in [0.3, 0.4) is 0 Å². The molecular weight excluding hydrogens is 532 g/mol. The van der Waals surface area contributed by atoms with Crippen molar-refractivity contribution in [2.75, 3.05) is 18.9 Å². The molecule has 1 saturated heterocycles. The molecule has 2 aromatic rings. The monoisotopic (exact) mass is 550 g/mol. The Hall–Kier alpha value is -3.13. The second kappa shape index (κ2) is 10.5. The molecule has 0 atom stereocenters. The molecule has 15 heteroatoms. The minimum atomic E-state index is -4.99. The van der Waals surface area contributed by atoms with Gasteiger partial charge in [-0.1, -0.05) is 37.2 Å². The number of nitrogens with zero attached hydrogens (tertiary/aromatic N) is 4. The molecule has 1 aliphatic heterocycles. The fourth-order valence-corrected chi connectivity index (χ4v) is 4.16. The third-order valence-electron chi connectivity index (χ3n) is 4.81. The van der Waals surface area contributed by atoms with Gasteiger partial charge in [0.25, 0.3) is 5.56 Å². The normalized spacial score (nSPS) is 15.3. The lowest BCUT2D eigenvalue weighted by molar-refractivity contribution is -0.147. The van der Waals surface area contributed by atoms with Crippen molar-refractivity contribution in [3.63, 3.8) is 0 Å². The van der Waals surface area contributed by atoms with Crippen LogP contribution in [0, 0.1) is 11.7 Å². The Labute approximate surface area is 210 Å². The van der Waals surface area contributed by atoms with Gasteiger partial charge in [0.2, 0.25) is 5.91 Å². The van der Waals surface area contributed by atoms with E-state index in [1.54, 1.807) is 0 Å². The fourth-order valence-electron chi connectivity index (χ4n) is 3.08. The van der Waals surface area contributed by atoms with Crippen molar-refractivity contribution < 1.29 is 31.9 Å². The summed E-state index contributed by atoms with van der Waals surface area (Å²) in [7, 11) is 0.785. The van der Waals surface area contributed by atoms with Gasteiger partial charge in [0.1, 0.15) is 18.1 Å². The van der Waals surface area contributed by atoms with Crippen LogP contribution in [0.2, 0.25) is 5.02 Å². The van der Waals surface area contributed by atoms with Crippen LogP contribution in [0.4, 0.5) is 23.2 Å². The van der Waals surface area contributed by atoms with Gasteiger partial charge in [0, 0.05) is 13.1 Å². The van der Waals surface area contributed by atoms with E-state index in [0.717, 1.165) is 35.8 Å². The zero-order valence-electron chi connectivity index (χ0n) is 19.1. The molecule has 36 heavy (non-hydrogen) atoms. The first kappa shape index (κ1) is 27.5. The predicted octanol–water partition coefficient (Wildman–Crippen LogP) is 3.11. The number of halogens is 5. The molecule has 194 valence electrons. The SMILES string of the molecule is CC(C)COC(=O)CN1C(=O)CSC1=Nc1cc(-n2c(=O)cc(C(F)(F)F)n(C)c2=O)c(F)cc1Cl. The molecule has 0 aliphatic carbocycles. The van der Waals surface area contributed by atoms with E-state index in [9.17, 15) is 36.7 Å². The third kappa shape index (κ3) is 5.81. The summed E-state index contributed by atoms with van der Waals surface area (Å²) in [6.07, 6.45) is -4.99. The van der Waals surface area contributed by atoms with E-state index >= 15 is 0 Å². The average Bonchev–Trinajstić information content (AvgIpc) is 3.10. The summed E-state index contributed by atoms with van der Waals surface area (Å²) in [5.74, 6) is -2.29. The standard InChI is InChI=1S/C21H19ClF4N4O5S/c1-10(2)8-35-18(33)7-29-17(32)9-36-19(29)27-13-5-14(12(23)4-11(13)22)30-16(31)6-15(21(24,25)26)28(3)20(30)34/h4-6,10H,7-9H2,1-3H3. The highest BCUT2D eigenvalue weighted by Crippen LogP contribution is 2.33. The van der Waals surface area contributed by atoms with E-state index in [4.69, 9.17) is 16.3 Å². The van der Waals surface area contributed by atoms with Crippen molar-refractivity contribution in [2.45, 2.75) is 20.0 Å². The van der Waals surface area contributed by atoms with Gasteiger partial charge in [-0.25, -0.2) is 18.7 Å². The molecule has 1 aromatic carbocycles. The Morgan fingerprint density at radius 3 is 2.50 bits per heavy atom. The lowest BCUT2D eigenvalue weighted by Crippen LogP contribution is -2.41. The Bertz CT molecular complexity index is 1370. The quantitative estimate of drug-likeness (QED) is 0.404. The molecule has 2 heterocycles. The van der Waals surface area contributed by atoms with Crippen LogP contribution in [-0.4, -0.2) is 50.0 Å². The number of hydrogen-bond donors (Lipinski definition) is 0. The topological polar surface area (TPSA) is 103 Å². The molecule has 0 spiro atoms. The second-order valence-electron chi connectivity index (χ2n) is 8.04. The molecule has 1 amide bonds. The number of carbonyl (C=O) groups excluding carboxylic acids is 2. The maximum atomic E-state index is 14.7. The van der Waals surface area contributed by atoms with Gasteiger partial charge in [0.05, 0.1) is 28.8 Å². The molecule has 0 unspecified atom stereocenters. The van der Waals surface area contributed by atoms with E-state index in [2.05, 4.69) is 4.99 Å². The maximum absolute atomic E-state index is 14.7. The summed E-state index contributed by atoms with van der Waals surface area (Å²) in [5, 5.41) is -0.253. The average molecular weight is 551 g/mol. The molecule has 0 saturated carbocycles. The number of alkyl halides is 3. The van der Waals surface area contributed by atoms with Crippen LogP contribution in [0.25, 0.3) is 5.69 Å². The highest BCUT2D eigenvalue weighted by Gasteiger charge is 2.35. The molecule has 3 rings (SSSR count). The van der Waals surface area contributed by atoms with Gasteiger partial charge < -0.3 is 4.74 Å². The van der Waals surface area contributed by atoms with Crippen molar-refractivity contribution in [3.05, 3.63) is 55.6 Å². The number of esters is 1. The largest absolute Gasteiger partial charge is 0.464 e. The smallest absolute Gasteiger partial charge is 0.431 e. The van der Waals surface area contributed by atoms with Gasteiger partial charge in [0.15, 0.2) is 5.17 Å². The van der Waals surface area contributed by atoms with E-state index in [1.807, 2.05) is 13.8 Å². The first-order valence-corrected chi connectivity index (χ1v) is 11.6. The number of thioether (sulfide) groups is 1. The fraction of sp³-hybridized carbons (Fsp3) is 0.381. The summed E-state index contributed by atoms with van der Waals surface area (Å²) < 4.78 is 59.6. The number of ether oxygens (including phenoxy) is 1. The van der Waals surface area contributed by atoms with Crippen molar-refractivity contribution in [2.24, 2.45) is 18.0 Å². The van der Waals surface area contributed by atoms with Gasteiger partial charge in [-0.15, -0.1) is 0 Å². The Morgan fingerprint density at radius 1 is 1.22 bits per heavy atom. The number of hydrogen-bond acceptors (Lipinski definition) is 7. The molecule has 0 N–H and O–H groups in total. The number of aromatic nitrogens is 2. The first-order chi connectivity index (χ1) is 16.7. The van der Waals surface area contributed by atoms with E-state index in [-0.39, 0.29) is 49.4 Å². The molecule has 1 fully saturated rings. The molecule has 1 aliphatic rings. The van der Waals surface area contributed by atoms with Crippen molar-refractivity contribution in [3.8, 4) is 5.69 Å². The van der Waals surface area contributed by atoms with Crippen LogP contribution >= 0.6 is 23.4 Å². The predicted molar refractivity (Wildman–Crippen MR) is 124 cm³/mol. The van der Waals surface area contributed by atoms with Crippen molar-refractivity contribution >= 4 is 46.1 Å². The zero-order chi connectivity index (χ0) is 26.9. The highest BCUT2D eigenvalue weighted by molar-refractivity contribution is 8.15. The number of benzene rings is 1. The van der Waals surface area contributed by atoms with Gasteiger partial charge in [-0.2, -0.15) is 13.2 Å². The number of amides is 1. The van der Waals surface area contributed by atoms with E-state index < -0.39 is 53.0 Å². The Balaban J connectivity index is 2.05. The second-order valence-corrected chi connectivity index (χ2v) is 9.39. The number of carbonyl (C=O) groups is 2. The minimum Gasteiger partial charge on any atom is -0.464 e. The third-order valence-corrected chi connectivity index (χ3v) is 6.07. The van der Waals surface area contributed by atoms with E-state index in [1.165, 1.54) is 0 Å². The molecule has 1 aromatic heterocycles. The van der Waals surface area contributed by atoms with Gasteiger partial charge >= 0.3 is 17.8 Å². The van der Waals surface area contributed by atoms with E-state index in [0.29, 0.717) is 0 Å². The molecule has 0 radical (unpaired) electrons. The van der Waals surface area contributed by atoms with Crippen LogP contribution in [0.15, 0.2) is 32.8 Å². The molecule has 0 bridgehead atoms. The first-order valence-electron chi connectivity index (χ1n) is 10.3. The summed E-state index contributed by atoms with van der Waals surface area (Å²) in [6, 6.07) is 1.78. The van der Waals surface area contributed by atoms with Crippen LogP contribution < -0.4 is 11.2 Å². The van der Waals surface area contributed by atoms with Gasteiger partial charge in [-0.3, -0.25) is 23.9 Å². The highest BCUT2D eigenvalue weighted by atomic mass is 35.5. The van der Waals surface area contributed by atoms with Crippen LogP contribution in [0.1, 0.15) is 19.5 Å². The summed E-state index contributed by atoms with van der Waals surface area (Å²) in [5.41, 5.74) is -5.28. The summed E-state index contributed by atoms with van der Waals surface area (Å²) in [4.78, 5) is 54.5. The molecule has 9 nitrogen and oxygen atoms in total. The lowest BCUT2D eigenvalue weighted by atomic mass is 10.2. The lowest BCUT2D eigenvalue weighted by Gasteiger charge is -2.17. The van der Waals surface area contributed by atoms with Crippen LogP contribution in [0.5, 0.6) is 0 Å². The van der Waals surface area contributed by atoms with Crippen molar-refractivity contribution in [1.82, 2.24) is 14.0 Å². The Kier molecular flexibility index (Phi) is 7.98. The number of rotatable bonds is 6. The van der Waals surface area contributed by atoms with Crippen LogP contribution in [-0.2, 0) is 27.5 Å². The number of amidine groups is 1. The summed E-state index contributed by atoms with van der Waals surface area (Å²) in [6.45, 7) is 3.37. The Morgan fingerprint density at radius 2 is 1.89 bits per heavy atom. The minimum absolute atomic E-state index is 0.0219. The van der Waals surface area contributed by atoms with Gasteiger partial charge in [-0.05, 0) is 18.1 Å². The maximum Gasteiger partial charge on any atom is 0.431 e. The molecular formula is C21H19ClF4N4O5S. The number of aliphatic imine (C=N–C) groups is 1. The van der Waals surface area contributed by atoms with Crippen molar-refractivity contribution in [1.29, 1.82) is 0 Å².